The first-order chi connectivity index (χ1) is 30.5. The number of hydrogen-bond donors (Lipinski definition) is 0. The highest BCUT2D eigenvalue weighted by molar-refractivity contribution is 6.10. The van der Waals surface area contributed by atoms with Gasteiger partial charge in [-0.05, 0) is 60.7 Å². The van der Waals surface area contributed by atoms with Gasteiger partial charge in [-0.2, -0.15) is 26.3 Å². The van der Waals surface area contributed by atoms with Crippen LogP contribution in [0.1, 0.15) is 11.1 Å². The lowest BCUT2D eigenvalue weighted by atomic mass is 10.0. The largest absolute Gasteiger partial charge is 0.416 e. The molecule has 0 N–H and O–H groups in total. The molecule has 0 spiro atoms. The number of alkyl halides is 6. The van der Waals surface area contributed by atoms with E-state index in [1.807, 2.05) is 127 Å². The molecule has 0 amide bonds. The van der Waals surface area contributed by atoms with E-state index in [0.29, 0.717) is 56.8 Å². The summed E-state index contributed by atoms with van der Waals surface area (Å²) in [6.07, 6.45) is -9.51. The van der Waals surface area contributed by atoms with Crippen molar-refractivity contribution in [1.82, 2.24) is 29.5 Å². The summed E-state index contributed by atoms with van der Waals surface area (Å²) in [6.45, 7) is 0. The van der Waals surface area contributed by atoms with Gasteiger partial charge in [0.15, 0.2) is 23.3 Å². The van der Waals surface area contributed by atoms with Crippen LogP contribution in [0.25, 0.3) is 95.6 Å². The Morgan fingerprint density at radius 2 is 0.730 bits per heavy atom. The first kappa shape index (κ1) is 39.2. The molecule has 0 aliphatic rings. The Labute approximate surface area is 355 Å². The predicted molar refractivity (Wildman–Crippen MR) is 232 cm³/mol. The van der Waals surface area contributed by atoms with Gasteiger partial charge in [0.2, 0.25) is 0 Å². The molecule has 3 heterocycles. The molecule has 0 fully saturated rings. The van der Waals surface area contributed by atoms with Gasteiger partial charge in [-0.3, -0.25) is 0 Å². The summed E-state index contributed by atoms with van der Waals surface area (Å²) < 4.78 is 86.9. The van der Waals surface area contributed by atoms with Crippen LogP contribution in [0.15, 0.2) is 182 Å². The third-order valence-electron chi connectivity index (χ3n) is 10.7. The molecule has 10 aromatic rings. The van der Waals surface area contributed by atoms with Gasteiger partial charge in [0.05, 0.1) is 39.2 Å². The van der Waals surface area contributed by atoms with Crippen molar-refractivity contribution in [3.8, 4) is 73.8 Å². The van der Waals surface area contributed by atoms with Gasteiger partial charge in [-0.25, -0.2) is 24.9 Å². The monoisotopic (exact) mass is 840 g/mol. The fourth-order valence-electron chi connectivity index (χ4n) is 7.70. The quantitative estimate of drug-likeness (QED) is 0.150. The fraction of sp³-hybridized carbons (Fsp3) is 0.0392. The van der Waals surface area contributed by atoms with E-state index < -0.39 is 23.5 Å². The molecule has 0 aliphatic carbocycles. The Balaban J connectivity index is 1.29. The zero-order valence-corrected chi connectivity index (χ0v) is 32.8. The number of halogens is 6. The van der Waals surface area contributed by atoms with E-state index in [1.54, 1.807) is 22.8 Å². The molecule has 12 heteroatoms. The van der Waals surface area contributed by atoms with Crippen LogP contribution in [-0.2, 0) is 12.4 Å². The van der Waals surface area contributed by atoms with Crippen LogP contribution >= 0.6 is 0 Å². The highest BCUT2D eigenvalue weighted by atomic mass is 19.4. The van der Waals surface area contributed by atoms with Crippen molar-refractivity contribution >= 4 is 21.8 Å². The number of aromatic nitrogens is 6. The standard InChI is InChI=1S/C51H30F6N6/c52-50(53,54)36-22-25-43-38(28-36)39-29-37(51(55,56)57)23-26-44(39)63(43)45-24-21-35(48-58-41(31-13-5-1-6-14-31)30-42(59-48)32-15-7-2-8-16-32)27-40(45)49-61-46(33-17-9-3-10-18-33)60-47(62-49)34-19-11-4-12-20-34/h1-30H. The fourth-order valence-corrected chi connectivity index (χ4v) is 7.70. The van der Waals surface area contributed by atoms with E-state index >= 15 is 0 Å². The summed E-state index contributed by atoms with van der Waals surface area (Å²) in [6, 6.07) is 51.4. The number of fused-ring (bicyclic) bond motifs is 3. The second kappa shape index (κ2) is 15.5. The Bertz CT molecular complexity index is 3110. The van der Waals surface area contributed by atoms with Gasteiger partial charge in [0, 0.05) is 44.2 Å². The van der Waals surface area contributed by atoms with Crippen molar-refractivity contribution in [3.05, 3.63) is 193 Å². The molecule has 0 saturated heterocycles. The highest BCUT2D eigenvalue weighted by Gasteiger charge is 2.34. The average molecular weight is 841 g/mol. The van der Waals surface area contributed by atoms with E-state index in [2.05, 4.69) is 0 Å². The number of benzene rings is 7. The SMILES string of the molecule is FC(F)(F)c1ccc2c(c1)c1cc(C(F)(F)F)ccc1n2-c1ccc(-c2nc(-c3ccccc3)cc(-c3ccccc3)n2)cc1-c1nc(-c2ccccc2)nc(-c2ccccc2)n1. The Morgan fingerprint density at radius 1 is 0.333 bits per heavy atom. The lowest BCUT2D eigenvalue weighted by Crippen LogP contribution is -2.06. The maximum atomic E-state index is 14.2. The maximum Gasteiger partial charge on any atom is 0.416 e. The van der Waals surface area contributed by atoms with Crippen molar-refractivity contribution in [2.75, 3.05) is 0 Å². The van der Waals surface area contributed by atoms with Crippen molar-refractivity contribution in [1.29, 1.82) is 0 Å². The topological polar surface area (TPSA) is 69.4 Å². The third-order valence-corrected chi connectivity index (χ3v) is 10.7. The molecule has 10 rings (SSSR count). The molecular weight excluding hydrogens is 811 g/mol. The van der Waals surface area contributed by atoms with E-state index in [0.717, 1.165) is 35.4 Å². The van der Waals surface area contributed by atoms with Gasteiger partial charge >= 0.3 is 12.4 Å². The molecule has 7 aromatic carbocycles. The number of nitrogens with zero attached hydrogens (tertiary/aromatic N) is 6. The molecule has 63 heavy (non-hydrogen) atoms. The summed E-state index contributed by atoms with van der Waals surface area (Å²) in [5.74, 6) is 1.24. The van der Waals surface area contributed by atoms with Gasteiger partial charge in [-0.15, -0.1) is 0 Å². The van der Waals surface area contributed by atoms with Crippen LogP contribution in [0.2, 0.25) is 0 Å². The lowest BCUT2D eigenvalue weighted by Gasteiger charge is -2.17. The first-order valence-corrected chi connectivity index (χ1v) is 19.7. The second-order valence-electron chi connectivity index (χ2n) is 14.8. The van der Waals surface area contributed by atoms with Crippen molar-refractivity contribution in [3.63, 3.8) is 0 Å². The zero-order valence-electron chi connectivity index (χ0n) is 32.8. The first-order valence-electron chi connectivity index (χ1n) is 19.7. The van der Waals surface area contributed by atoms with E-state index in [4.69, 9.17) is 24.9 Å². The van der Waals surface area contributed by atoms with E-state index in [1.165, 1.54) is 12.1 Å². The van der Waals surface area contributed by atoms with Crippen LogP contribution in [0.4, 0.5) is 26.3 Å². The maximum absolute atomic E-state index is 14.2. The van der Waals surface area contributed by atoms with Crippen molar-refractivity contribution in [2.45, 2.75) is 12.4 Å². The minimum atomic E-state index is -4.75. The summed E-state index contributed by atoms with van der Waals surface area (Å²) in [4.78, 5) is 25.0. The van der Waals surface area contributed by atoms with Crippen LogP contribution in [0.5, 0.6) is 0 Å². The summed E-state index contributed by atoms with van der Waals surface area (Å²) in [7, 11) is 0. The Kier molecular flexibility index (Phi) is 9.62. The average Bonchev–Trinajstić information content (AvgIpc) is 3.64. The zero-order chi connectivity index (χ0) is 43.3. The van der Waals surface area contributed by atoms with Crippen LogP contribution in [0, 0.1) is 0 Å². The molecule has 0 unspecified atom stereocenters. The van der Waals surface area contributed by atoms with Gasteiger partial charge < -0.3 is 4.57 Å². The van der Waals surface area contributed by atoms with Gasteiger partial charge in [-0.1, -0.05) is 121 Å². The van der Waals surface area contributed by atoms with Gasteiger partial charge in [0.1, 0.15) is 0 Å². The minimum absolute atomic E-state index is 0.0158. The molecule has 3 aromatic heterocycles. The van der Waals surface area contributed by atoms with E-state index in [9.17, 15) is 26.3 Å². The molecule has 6 nitrogen and oxygen atoms in total. The van der Waals surface area contributed by atoms with Crippen LogP contribution in [0.3, 0.4) is 0 Å². The van der Waals surface area contributed by atoms with Crippen molar-refractivity contribution < 1.29 is 26.3 Å². The predicted octanol–water partition coefficient (Wildman–Crippen LogP) is 13.8. The van der Waals surface area contributed by atoms with Gasteiger partial charge in [0.25, 0.3) is 0 Å². The second-order valence-corrected chi connectivity index (χ2v) is 14.8. The molecule has 306 valence electrons. The normalized spacial score (nSPS) is 12.0. The molecule has 0 aliphatic heterocycles. The molecule has 0 radical (unpaired) electrons. The lowest BCUT2D eigenvalue weighted by molar-refractivity contribution is -0.138. The molecule has 0 saturated carbocycles. The van der Waals surface area contributed by atoms with Crippen LogP contribution < -0.4 is 0 Å². The summed E-state index contributed by atoms with van der Waals surface area (Å²) in [5.41, 5.74) is 4.21. The number of rotatable bonds is 7. The Morgan fingerprint density at radius 3 is 1.16 bits per heavy atom. The summed E-state index contributed by atoms with van der Waals surface area (Å²) >= 11 is 0. The third kappa shape index (κ3) is 7.56. The van der Waals surface area contributed by atoms with E-state index in [-0.39, 0.29) is 27.6 Å². The van der Waals surface area contributed by atoms with Crippen LogP contribution in [-0.4, -0.2) is 29.5 Å². The Hall–Kier alpha value is -7.99. The molecule has 0 atom stereocenters. The minimum Gasteiger partial charge on any atom is -0.309 e. The highest BCUT2D eigenvalue weighted by Crippen LogP contribution is 2.42. The molecular formula is C51H30F6N6. The summed E-state index contributed by atoms with van der Waals surface area (Å²) in [5, 5.41) is -0.0316. The van der Waals surface area contributed by atoms with Crippen molar-refractivity contribution in [2.24, 2.45) is 0 Å². The number of hydrogen-bond acceptors (Lipinski definition) is 5. The smallest absolute Gasteiger partial charge is 0.309 e. The molecule has 0 bridgehead atoms.